The Balaban J connectivity index is 1.45. The highest BCUT2D eigenvalue weighted by Gasteiger charge is 2.32. The molecule has 0 saturated heterocycles. The van der Waals surface area contributed by atoms with E-state index in [2.05, 4.69) is 0 Å². The molecule has 33 heavy (non-hydrogen) atoms. The summed E-state index contributed by atoms with van der Waals surface area (Å²) in [5, 5.41) is 9.67. The third-order valence-corrected chi connectivity index (χ3v) is 6.04. The Labute approximate surface area is 190 Å². The maximum atomic E-state index is 12.8. The summed E-state index contributed by atoms with van der Waals surface area (Å²) in [6.07, 6.45) is -3.38. The fourth-order valence-corrected chi connectivity index (χ4v) is 4.24. The van der Waals surface area contributed by atoms with E-state index in [1.165, 1.54) is 31.3 Å². The number of aliphatic carboxylic acids is 1. The summed E-state index contributed by atoms with van der Waals surface area (Å²) < 4.78 is 31.1. The van der Waals surface area contributed by atoms with E-state index in [1.807, 2.05) is 48.5 Å². The van der Waals surface area contributed by atoms with Crippen LogP contribution in [0.1, 0.15) is 34.6 Å². The fraction of sp³-hybridized carbons (Fsp3) is 0.231. The number of carbonyl (C=O) groups excluding carboxylic acids is 1. The van der Waals surface area contributed by atoms with E-state index < -0.39 is 24.5 Å². The summed E-state index contributed by atoms with van der Waals surface area (Å²) in [6.45, 7) is 0.0760. The second kappa shape index (κ2) is 9.40. The second-order valence-corrected chi connectivity index (χ2v) is 8.02. The van der Waals surface area contributed by atoms with Gasteiger partial charge in [-0.3, -0.25) is 4.90 Å². The first-order chi connectivity index (χ1) is 15.9. The van der Waals surface area contributed by atoms with Crippen molar-refractivity contribution in [2.24, 2.45) is 0 Å². The SMILES string of the molecule is CN(C(=O)OCC1c2ccccc2-c2ccccc21)C(Cc1ccc(C(F)F)cc1)C(=O)O. The lowest BCUT2D eigenvalue weighted by atomic mass is 9.98. The number of ether oxygens (including phenoxy) is 1. The molecule has 0 heterocycles. The Morgan fingerprint density at radius 2 is 1.48 bits per heavy atom. The Bertz CT molecular complexity index is 1120. The topological polar surface area (TPSA) is 66.8 Å². The molecule has 1 amide bonds. The highest BCUT2D eigenvalue weighted by molar-refractivity contribution is 5.81. The van der Waals surface area contributed by atoms with E-state index in [4.69, 9.17) is 4.74 Å². The van der Waals surface area contributed by atoms with Crippen molar-refractivity contribution in [1.82, 2.24) is 4.90 Å². The van der Waals surface area contributed by atoms with Gasteiger partial charge in [0.15, 0.2) is 0 Å². The van der Waals surface area contributed by atoms with Crippen molar-refractivity contribution in [2.45, 2.75) is 24.8 Å². The van der Waals surface area contributed by atoms with Crippen molar-refractivity contribution >= 4 is 12.1 Å². The fourth-order valence-electron chi connectivity index (χ4n) is 4.24. The Kier molecular flexibility index (Phi) is 6.40. The number of nitrogens with zero attached hydrogens (tertiary/aromatic N) is 1. The standard InChI is InChI=1S/C26H23F2NO4/c1-29(23(25(30)31)14-16-10-12-17(13-11-16)24(27)28)26(32)33-15-22-20-8-4-2-6-18(20)19-7-3-5-9-21(19)22/h2-13,22-24H,14-15H2,1H3,(H,30,31). The number of rotatable bonds is 7. The van der Waals surface area contributed by atoms with Crippen molar-refractivity contribution in [2.75, 3.05) is 13.7 Å². The van der Waals surface area contributed by atoms with Gasteiger partial charge < -0.3 is 9.84 Å². The second-order valence-electron chi connectivity index (χ2n) is 8.02. The van der Waals surface area contributed by atoms with Gasteiger partial charge in [-0.2, -0.15) is 0 Å². The molecule has 0 saturated carbocycles. The van der Waals surface area contributed by atoms with Crippen LogP contribution in [0.3, 0.4) is 0 Å². The minimum atomic E-state index is -2.60. The molecule has 7 heteroatoms. The number of hydrogen-bond acceptors (Lipinski definition) is 3. The summed E-state index contributed by atoms with van der Waals surface area (Å²) in [5.41, 5.74) is 4.70. The van der Waals surface area contributed by atoms with E-state index in [0.29, 0.717) is 5.56 Å². The molecule has 170 valence electrons. The average Bonchev–Trinajstić information content (AvgIpc) is 3.14. The molecular weight excluding hydrogens is 428 g/mol. The molecule has 1 unspecified atom stereocenters. The first-order valence-electron chi connectivity index (χ1n) is 10.5. The number of carboxylic acids is 1. The zero-order valence-corrected chi connectivity index (χ0v) is 17.9. The maximum absolute atomic E-state index is 12.8. The third-order valence-electron chi connectivity index (χ3n) is 6.04. The van der Waals surface area contributed by atoms with Crippen LogP contribution in [-0.2, 0) is 16.0 Å². The minimum absolute atomic E-state index is 0.0282. The third kappa shape index (κ3) is 4.58. The van der Waals surface area contributed by atoms with Crippen molar-refractivity contribution in [3.63, 3.8) is 0 Å². The molecule has 3 aromatic rings. The van der Waals surface area contributed by atoms with Crippen LogP contribution in [0.2, 0.25) is 0 Å². The predicted octanol–water partition coefficient (Wildman–Crippen LogP) is 5.50. The zero-order valence-electron chi connectivity index (χ0n) is 17.9. The Morgan fingerprint density at radius 1 is 0.939 bits per heavy atom. The van der Waals surface area contributed by atoms with E-state index >= 15 is 0 Å². The molecule has 0 aromatic heterocycles. The molecule has 0 spiro atoms. The van der Waals surface area contributed by atoms with Gasteiger partial charge in [0.1, 0.15) is 12.6 Å². The first-order valence-corrected chi connectivity index (χ1v) is 10.5. The molecule has 0 radical (unpaired) electrons. The van der Waals surface area contributed by atoms with Gasteiger partial charge in [0.25, 0.3) is 6.43 Å². The molecule has 1 N–H and O–H groups in total. The summed E-state index contributed by atoms with van der Waals surface area (Å²) in [7, 11) is 1.37. The van der Waals surface area contributed by atoms with Crippen molar-refractivity contribution < 1.29 is 28.2 Å². The normalized spacial score (nSPS) is 13.3. The molecule has 1 atom stereocenters. The number of carboxylic acid groups (broad SMARTS) is 1. The van der Waals surface area contributed by atoms with Crippen molar-refractivity contribution in [3.05, 3.63) is 95.1 Å². The minimum Gasteiger partial charge on any atom is -0.480 e. The van der Waals surface area contributed by atoms with Gasteiger partial charge in [-0.05, 0) is 27.8 Å². The molecule has 1 aliphatic rings. The number of fused-ring (bicyclic) bond motifs is 3. The molecule has 1 aliphatic carbocycles. The lowest BCUT2D eigenvalue weighted by molar-refractivity contribution is -0.142. The monoisotopic (exact) mass is 451 g/mol. The lowest BCUT2D eigenvalue weighted by Gasteiger charge is -2.25. The quantitative estimate of drug-likeness (QED) is 0.515. The molecule has 5 nitrogen and oxygen atoms in total. The summed E-state index contributed by atoms with van der Waals surface area (Å²) in [5.74, 6) is -1.34. The van der Waals surface area contributed by atoms with Gasteiger partial charge in [0, 0.05) is 24.9 Å². The number of alkyl halides is 2. The van der Waals surface area contributed by atoms with Gasteiger partial charge >= 0.3 is 12.1 Å². The summed E-state index contributed by atoms with van der Waals surface area (Å²) >= 11 is 0. The van der Waals surface area contributed by atoms with Crippen LogP contribution in [0.25, 0.3) is 11.1 Å². The van der Waals surface area contributed by atoms with Crippen molar-refractivity contribution in [1.29, 1.82) is 0 Å². The largest absolute Gasteiger partial charge is 0.480 e. The van der Waals surface area contributed by atoms with Crippen LogP contribution in [0.15, 0.2) is 72.8 Å². The van der Waals surface area contributed by atoms with E-state index in [-0.39, 0.29) is 24.5 Å². The van der Waals surface area contributed by atoms with Gasteiger partial charge in [-0.1, -0.05) is 72.8 Å². The van der Waals surface area contributed by atoms with Gasteiger partial charge in [-0.25, -0.2) is 18.4 Å². The number of likely N-dealkylation sites (N-methyl/N-ethyl adjacent to an activating group) is 1. The van der Waals surface area contributed by atoms with Gasteiger partial charge in [-0.15, -0.1) is 0 Å². The summed E-state index contributed by atoms with van der Waals surface area (Å²) in [6, 6.07) is 20.1. The number of benzene rings is 3. The van der Waals surface area contributed by atoms with Gasteiger partial charge in [0.2, 0.25) is 0 Å². The van der Waals surface area contributed by atoms with Crippen LogP contribution < -0.4 is 0 Å². The number of carbonyl (C=O) groups is 2. The number of hydrogen-bond donors (Lipinski definition) is 1. The van der Waals surface area contributed by atoms with Gasteiger partial charge in [0.05, 0.1) is 0 Å². The van der Waals surface area contributed by atoms with E-state index in [0.717, 1.165) is 27.2 Å². The number of halogens is 2. The molecule has 0 aliphatic heterocycles. The van der Waals surface area contributed by atoms with E-state index in [1.54, 1.807) is 0 Å². The number of amides is 1. The van der Waals surface area contributed by atoms with E-state index in [9.17, 15) is 23.5 Å². The van der Waals surface area contributed by atoms with Crippen LogP contribution >= 0.6 is 0 Å². The molecule has 0 bridgehead atoms. The molecule has 3 aromatic carbocycles. The van der Waals surface area contributed by atoms with Crippen LogP contribution in [0.5, 0.6) is 0 Å². The first kappa shape index (κ1) is 22.5. The van der Waals surface area contributed by atoms with Crippen LogP contribution in [-0.4, -0.2) is 41.8 Å². The Hall–Kier alpha value is -3.74. The smallest absolute Gasteiger partial charge is 0.410 e. The highest BCUT2D eigenvalue weighted by Crippen LogP contribution is 2.44. The summed E-state index contributed by atoms with van der Waals surface area (Å²) in [4.78, 5) is 25.6. The maximum Gasteiger partial charge on any atom is 0.410 e. The molecular formula is C26H23F2NO4. The zero-order chi connectivity index (χ0) is 23.5. The Morgan fingerprint density at radius 3 is 2.00 bits per heavy atom. The van der Waals surface area contributed by atoms with Crippen LogP contribution in [0.4, 0.5) is 13.6 Å². The average molecular weight is 451 g/mol. The highest BCUT2D eigenvalue weighted by atomic mass is 19.3. The van der Waals surface area contributed by atoms with Crippen LogP contribution in [0, 0.1) is 0 Å². The van der Waals surface area contributed by atoms with Crippen molar-refractivity contribution in [3.8, 4) is 11.1 Å². The lowest BCUT2D eigenvalue weighted by Crippen LogP contribution is -2.44. The predicted molar refractivity (Wildman–Crippen MR) is 119 cm³/mol. The molecule has 4 rings (SSSR count). The molecule has 0 fully saturated rings.